The van der Waals surface area contributed by atoms with Gasteiger partial charge < -0.3 is 5.32 Å². The minimum absolute atomic E-state index is 0.0225. The summed E-state index contributed by atoms with van der Waals surface area (Å²) in [5.74, 6) is -0.581. The Morgan fingerprint density at radius 3 is 2.69 bits per heavy atom. The van der Waals surface area contributed by atoms with Gasteiger partial charge in [-0.2, -0.15) is 0 Å². The van der Waals surface area contributed by atoms with Crippen LogP contribution >= 0.6 is 0 Å². The summed E-state index contributed by atoms with van der Waals surface area (Å²) in [6.45, 7) is 0. The number of rotatable bonds is 1. The normalized spacial score (nSPS) is 20.4. The highest BCUT2D eigenvalue weighted by Crippen LogP contribution is 2.34. The van der Waals surface area contributed by atoms with Crippen molar-refractivity contribution < 1.29 is 8.78 Å². The molecule has 70 valence electrons. The van der Waals surface area contributed by atoms with Crippen LogP contribution in [0.1, 0.15) is 23.6 Å². The maximum atomic E-state index is 13.3. The highest BCUT2D eigenvalue weighted by molar-refractivity contribution is 5.36. The lowest BCUT2D eigenvalue weighted by Crippen LogP contribution is -2.14. The molecular formula is C10H11F2N. The van der Waals surface area contributed by atoms with Crippen LogP contribution in [0.5, 0.6) is 0 Å². The van der Waals surface area contributed by atoms with Gasteiger partial charge >= 0.3 is 0 Å². The van der Waals surface area contributed by atoms with Crippen molar-refractivity contribution in [2.45, 2.75) is 18.9 Å². The molecule has 2 rings (SSSR count). The average Bonchev–Trinajstić information content (AvgIpc) is 2.56. The van der Waals surface area contributed by atoms with Crippen LogP contribution < -0.4 is 5.32 Å². The molecule has 0 aliphatic heterocycles. The van der Waals surface area contributed by atoms with Gasteiger partial charge in [0.2, 0.25) is 0 Å². The Labute approximate surface area is 75.8 Å². The standard InChI is InChI=1S/C10H11F2N/c1-13-9-5-2-6-7(11)3-4-8(12)10(6)9/h3-4,9,13H,2,5H2,1H3. The first-order valence-corrected chi connectivity index (χ1v) is 4.38. The molecule has 3 heteroatoms. The Hall–Kier alpha value is -0.960. The van der Waals surface area contributed by atoms with Crippen molar-refractivity contribution in [2.24, 2.45) is 0 Å². The summed E-state index contributed by atoms with van der Waals surface area (Å²) in [4.78, 5) is 0. The van der Waals surface area contributed by atoms with Crippen molar-refractivity contribution in [3.8, 4) is 0 Å². The number of hydrogen-bond donors (Lipinski definition) is 1. The Morgan fingerprint density at radius 2 is 2.00 bits per heavy atom. The Balaban J connectivity index is 2.55. The molecule has 1 aromatic rings. The Kier molecular flexibility index (Phi) is 2.04. The van der Waals surface area contributed by atoms with Gasteiger partial charge in [0.1, 0.15) is 11.6 Å². The molecule has 0 amide bonds. The first-order chi connectivity index (χ1) is 6.24. The average molecular weight is 183 g/mol. The number of hydrogen-bond acceptors (Lipinski definition) is 1. The van der Waals surface area contributed by atoms with Crippen LogP contribution in [0.25, 0.3) is 0 Å². The second kappa shape index (κ2) is 3.07. The van der Waals surface area contributed by atoms with Gasteiger partial charge in [0.25, 0.3) is 0 Å². The van der Waals surface area contributed by atoms with E-state index in [1.54, 1.807) is 7.05 Å². The fraction of sp³-hybridized carbons (Fsp3) is 0.400. The molecule has 1 aromatic carbocycles. The molecule has 0 fully saturated rings. The summed E-state index contributed by atoms with van der Waals surface area (Å²) >= 11 is 0. The number of halogens is 2. The van der Waals surface area contributed by atoms with Crippen molar-refractivity contribution in [3.05, 3.63) is 34.9 Å². The van der Waals surface area contributed by atoms with E-state index in [0.717, 1.165) is 6.42 Å². The summed E-state index contributed by atoms with van der Waals surface area (Å²) in [7, 11) is 1.77. The van der Waals surface area contributed by atoms with E-state index in [9.17, 15) is 8.78 Å². The highest BCUT2D eigenvalue weighted by atomic mass is 19.1. The van der Waals surface area contributed by atoms with E-state index in [1.165, 1.54) is 12.1 Å². The van der Waals surface area contributed by atoms with E-state index in [4.69, 9.17) is 0 Å². The summed E-state index contributed by atoms with van der Waals surface area (Å²) in [6.07, 6.45) is 1.41. The lowest BCUT2D eigenvalue weighted by Gasteiger charge is -2.10. The van der Waals surface area contributed by atoms with Gasteiger partial charge in [-0.1, -0.05) is 0 Å². The summed E-state index contributed by atoms with van der Waals surface area (Å²) in [6, 6.07) is 2.38. The largest absolute Gasteiger partial charge is 0.313 e. The monoisotopic (exact) mass is 183 g/mol. The fourth-order valence-corrected chi connectivity index (χ4v) is 1.96. The predicted molar refractivity (Wildman–Crippen MR) is 46.5 cm³/mol. The van der Waals surface area contributed by atoms with E-state index in [-0.39, 0.29) is 17.7 Å². The zero-order chi connectivity index (χ0) is 9.42. The SMILES string of the molecule is CNC1CCc2c(F)ccc(F)c21. The third-order valence-electron chi connectivity index (χ3n) is 2.63. The lowest BCUT2D eigenvalue weighted by molar-refractivity contribution is 0.539. The maximum absolute atomic E-state index is 13.3. The zero-order valence-corrected chi connectivity index (χ0v) is 7.40. The van der Waals surface area contributed by atoms with Gasteiger partial charge in [0, 0.05) is 11.6 Å². The quantitative estimate of drug-likeness (QED) is 0.703. The van der Waals surface area contributed by atoms with E-state index in [2.05, 4.69) is 5.32 Å². The van der Waals surface area contributed by atoms with Crippen LogP contribution in [0.2, 0.25) is 0 Å². The first-order valence-electron chi connectivity index (χ1n) is 4.38. The molecule has 0 radical (unpaired) electrons. The summed E-state index contributed by atoms with van der Waals surface area (Å²) < 4.78 is 26.5. The molecule has 1 aliphatic carbocycles. The highest BCUT2D eigenvalue weighted by Gasteiger charge is 2.26. The summed E-state index contributed by atoms with van der Waals surface area (Å²) in [5, 5.41) is 2.98. The van der Waals surface area contributed by atoms with Crippen molar-refractivity contribution in [3.63, 3.8) is 0 Å². The van der Waals surface area contributed by atoms with Gasteiger partial charge in [-0.3, -0.25) is 0 Å². The molecule has 0 aromatic heterocycles. The Bertz CT molecular complexity index is 336. The second-order valence-corrected chi connectivity index (χ2v) is 3.30. The predicted octanol–water partition coefficient (Wildman–Crippen LogP) is 2.17. The van der Waals surface area contributed by atoms with Crippen molar-refractivity contribution >= 4 is 0 Å². The topological polar surface area (TPSA) is 12.0 Å². The summed E-state index contributed by atoms with van der Waals surface area (Å²) in [5.41, 5.74) is 1.06. The molecule has 0 saturated carbocycles. The third kappa shape index (κ3) is 1.23. The molecule has 13 heavy (non-hydrogen) atoms. The molecule has 1 unspecified atom stereocenters. The fourth-order valence-electron chi connectivity index (χ4n) is 1.96. The number of benzene rings is 1. The molecule has 1 N–H and O–H groups in total. The lowest BCUT2D eigenvalue weighted by atomic mass is 10.1. The smallest absolute Gasteiger partial charge is 0.128 e. The molecule has 0 heterocycles. The van der Waals surface area contributed by atoms with Gasteiger partial charge in [-0.05, 0) is 37.6 Å². The number of nitrogens with one attached hydrogen (secondary N) is 1. The minimum atomic E-state index is -0.298. The minimum Gasteiger partial charge on any atom is -0.313 e. The molecule has 1 atom stereocenters. The van der Waals surface area contributed by atoms with Crippen LogP contribution in [0.15, 0.2) is 12.1 Å². The van der Waals surface area contributed by atoms with Crippen molar-refractivity contribution in [1.82, 2.24) is 5.32 Å². The van der Waals surface area contributed by atoms with Crippen molar-refractivity contribution in [1.29, 1.82) is 0 Å². The van der Waals surface area contributed by atoms with Crippen LogP contribution in [0, 0.1) is 11.6 Å². The zero-order valence-electron chi connectivity index (χ0n) is 7.40. The van der Waals surface area contributed by atoms with Gasteiger partial charge in [-0.15, -0.1) is 0 Å². The van der Waals surface area contributed by atoms with E-state index in [0.29, 0.717) is 17.5 Å². The maximum Gasteiger partial charge on any atom is 0.128 e. The van der Waals surface area contributed by atoms with E-state index < -0.39 is 0 Å². The third-order valence-corrected chi connectivity index (χ3v) is 2.63. The Morgan fingerprint density at radius 1 is 1.31 bits per heavy atom. The molecule has 0 saturated heterocycles. The van der Waals surface area contributed by atoms with Crippen molar-refractivity contribution in [2.75, 3.05) is 7.05 Å². The van der Waals surface area contributed by atoms with Gasteiger partial charge in [0.15, 0.2) is 0 Å². The van der Waals surface area contributed by atoms with Gasteiger partial charge in [0.05, 0.1) is 0 Å². The molecule has 0 bridgehead atoms. The van der Waals surface area contributed by atoms with Gasteiger partial charge in [-0.25, -0.2) is 8.78 Å². The first kappa shape index (κ1) is 8.63. The molecular weight excluding hydrogens is 172 g/mol. The molecule has 0 spiro atoms. The van der Waals surface area contributed by atoms with E-state index in [1.807, 2.05) is 0 Å². The van der Waals surface area contributed by atoms with Crippen LogP contribution in [0.3, 0.4) is 0 Å². The van der Waals surface area contributed by atoms with Crippen LogP contribution in [0.4, 0.5) is 8.78 Å². The van der Waals surface area contributed by atoms with Crippen LogP contribution in [-0.4, -0.2) is 7.05 Å². The van der Waals surface area contributed by atoms with E-state index >= 15 is 0 Å². The molecule has 1 aliphatic rings. The molecule has 1 nitrogen and oxygen atoms in total. The second-order valence-electron chi connectivity index (χ2n) is 3.30. The number of fused-ring (bicyclic) bond motifs is 1. The van der Waals surface area contributed by atoms with Crippen LogP contribution in [-0.2, 0) is 6.42 Å².